The van der Waals surface area contributed by atoms with Gasteiger partial charge in [-0.05, 0) is 0 Å². The second-order valence-electron chi connectivity index (χ2n) is 27.0. The predicted molar refractivity (Wildman–Crippen MR) is 484 cm³/mol. The lowest BCUT2D eigenvalue weighted by Crippen LogP contribution is -2.16. The lowest BCUT2D eigenvalue weighted by molar-refractivity contribution is -0.0329. The Morgan fingerprint density at radius 3 is 0.164 bits per heavy atom. The van der Waals surface area contributed by atoms with Crippen molar-refractivity contribution in [3.63, 3.8) is 0 Å². The van der Waals surface area contributed by atoms with Gasteiger partial charge >= 0.3 is 0 Å². The first-order valence-electron chi connectivity index (χ1n) is 47.8. The van der Waals surface area contributed by atoms with Crippen LogP contribution in [-0.2, 0) is 208 Å². The summed E-state index contributed by atoms with van der Waals surface area (Å²) in [5.74, 6) is 0. The lowest BCUT2D eigenvalue weighted by Gasteiger charge is -2.09. The quantitative estimate of drug-likeness (QED) is 0.0802. The minimum Gasteiger partial charge on any atom is -0.394 e. The normalized spacial score (nSPS) is 11.9. The maximum Gasteiger partial charge on any atom is 0.0701 e. The Bertz CT molecular complexity index is 1710. The molecule has 0 aromatic carbocycles. The molecule has 0 atom stereocenters. The molecule has 0 aliphatic heterocycles. The van der Waals surface area contributed by atoms with E-state index in [2.05, 4.69) is 0 Å². The second kappa shape index (κ2) is 131. The van der Waals surface area contributed by atoms with Crippen LogP contribution in [0.3, 0.4) is 0 Å². The number of hydrogen-bond donors (Lipinski definition) is 1. The summed E-state index contributed by atoms with van der Waals surface area (Å²) in [7, 11) is 1.64. The van der Waals surface area contributed by atoms with E-state index in [9.17, 15) is 0 Å². The molecule has 0 heterocycles. The molecule has 0 saturated heterocycles. The Kier molecular flexibility index (Phi) is 129. The van der Waals surface area contributed by atoms with Gasteiger partial charge in [-0.3, -0.25) is 0 Å². The van der Waals surface area contributed by atoms with Gasteiger partial charge in [0.05, 0.1) is 581 Å². The number of methoxy groups -OCH3 is 1. The maximum atomic E-state index is 8.63. The van der Waals surface area contributed by atoms with E-state index in [0.29, 0.717) is 575 Å². The molecule has 806 valence electrons. The largest absolute Gasteiger partial charge is 0.394 e. The smallest absolute Gasteiger partial charge is 0.0701 e. The topological polar surface area (TPSA) is 426 Å². The fraction of sp³-hybridized carbons (Fsp3) is 1.00. The molecule has 0 aromatic rings. The molecule has 0 saturated carbocycles. The van der Waals surface area contributed by atoms with Gasteiger partial charge in [0, 0.05) is 7.11 Å². The zero-order valence-electron chi connectivity index (χ0n) is 81.6. The van der Waals surface area contributed by atoms with Crippen LogP contribution in [0.2, 0.25) is 0 Å². The van der Waals surface area contributed by atoms with E-state index in [1.54, 1.807) is 7.11 Å². The second-order valence-corrected chi connectivity index (χ2v) is 27.0. The van der Waals surface area contributed by atoms with Gasteiger partial charge in [-0.25, -0.2) is 0 Å². The predicted octanol–water partition coefficient (Wildman–Crippen LogP) is 0.339. The third kappa shape index (κ3) is 130. The van der Waals surface area contributed by atoms with E-state index in [1.807, 2.05) is 0 Å². The average Bonchev–Trinajstić information content (AvgIpc) is 1.13. The van der Waals surface area contributed by atoms with Crippen molar-refractivity contribution in [3.8, 4) is 0 Å². The molecule has 0 aromatic heterocycles. The van der Waals surface area contributed by atoms with Crippen molar-refractivity contribution >= 4 is 0 Å². The number of aliphatic hydroxyl groups excluding tert-OH is 1. The van der Waals surface area contributed by atoms with Crippen LogP contribution < -0.4 is 0 Å². The molecule has 0 fully saturated rings. The molecular weight excluding hydrogens is 1790 g/mol. The molecule has 0 amide bonds. The lowest BCUT2D eigenvalue weighted by atomic mass is 10.6. The van der Waals surface area contributed by atoms with Crippen LogP contribution in [0, 0.1) is 0 Å². The molecule has 1 N–H and O–H groups in total. The number of ether oxygens (including phenoxy) is 44. The minimum absolute atomic E-state index is 0.0144. The molecule has 0 spiro atoms. The zero-order valence-corrected chi connectivity index (χ0v) is 81.6. The van der Waals surface area contributed by atoms with E-state index in [0.717, 1.165) is 0 Å². The van der Waals surface area contributed by atoms with Crippen molar-refractivity contribution in [2.45, 2.75) is 0 Å². The highest BCUT2D eigenvalue weighted by Gasteiger charge is 2.06. The summed E-state index contributed by atoms with van der Waals surface area (Å²) in [6.07, 6.45) is 0. The summed E-state index contributed by atoms with van der Waals surface area (Å²) in [5.41, 5.74) is 0. The molecule has 0 aliphatic carbocycles. The van der Waals surface area contributed by atoms with Crippen LogP contribution >= 0.6 is 0 Å². The van der Waals surface area contributed by atoms with Gasteiger partial charge in [-0.2, -0.15) is 0 Å². The van der Waals surface area contributed by atoms with Crippen LogP contribution in [-0.4, -0.2) is 594 Å². The first-order valence-corrected chi connectivity index (χ1v) is 47.8. The van der Waals surface area contributed by atoms with Gasteiger partial charge in [-0.15, -0.1) is 0 Å². The molecule has 0 aliphatic rings. The van der Waals surface area contributed by atoms with Crippen LogP contribution in [0.1, 0.15) is 0 Å². The van der Waals surface area contributed by atoms with Gasteiger partial charge < -0.3 is 214 Å². The van der Waals surface area contributed by atoms with Crippen LogP contribution in [0.4, 0.5) is 0 Å². The van der Waals surface area contributed by atoms with E-state index in [-0.39, 0.29) is 6.61 Å². The van der Waals surface area contributed by atoms with Gasteiger partial charge in [0.15, 0.2) is 0 Å². The number of rotatable bonds is 131. The van der Waals surface area contributed by atoms with Gasteiger partial charge in [0.1, 0.15) is 0 Å². The van der Waals surface area contributed by atoms with Gasteiger partial charge in [0.25, 0.3) is 0 Å². The minimum atomic E-state index is 0.0144. The van der Waals surface area contributed by atoms with Crippen molar-refractivity contribution in [1.82, 2.24) is 0 Å². The molecule has 0 unspecified atom stereocenters. The molecule has 0 bridgehead atoms. The van der Waals surface area contributed by atoms with E-state index in [4.69, 9.17) is 214 Å². The van der Waals surface area contributed by atoms with Gasteiger partial charge in [-0.1, -0.05) is 0 Å². The summed E-state index contributed by atoms with van der Waals surface area (Å²) in [6, 6.07) is 0. The standard InChI is InChI=1S/C89H180O45/c1-91-4-5-93-8-9-95-12-13-97-16-17-99-20-21-101-24-25-103-28-29-105-32-33-107-36-37-109-40-41-111-44-45-113-48-49-115-52-53-117-56-57-119-60-61-121-64-65-123-68-69-125-72-73-127-76-77-129-80-81-131-84-85-133-88-89-134-87-86-132-83-82-130-79-78-128-75-74-126-71-70-124-67-66-122-63-62-120-59-58-118-55-54-116-51-50-114-47-46-112-43-42-110-39-38-108-35-34-106-31-30-104-27-26-102-23-22-100-19-18-98-15-14-96-11-10-94-7-6-92-3-2-90/h90H,2-89H2,1H3. The van der Waals surface area contributed by atoms with Crippen LogP contribution in [0.5, 0.6) is 0 Å². The SMILES string of the molecule is COCCOCCOCCOCCOCCOCCOCCOCCOCCOCCOCCOCCOCCOCCOCCOCCOCCOCCOCCOCCOCCOCCOCCOCCOCCOCCOCCOCCOCCOCCOCCOCCOCCOCCOCCOCCOCCOCCOCCOCCOCCOCCOCCOCCO. The Hall–Kier alpha value is -1.80. The number of hydrogen-bond acceptors (Lipinski definition) is 45. The van der Waals surface area contributed by atoms with Crippen LogP contribution in [0.25, 0.3) is 0 Å². The molecule has 0 radical (unpaired) electrons. The summed E-state index contributed by atoms with van der Waals surface area (Å²) in [6.45, 7) is 41.9. The average molecular weight is 1970 g/mol. The molecule has 45 heteroatoms. The fourth-order valence-electron chi connectivity index (χ4n) is 9.55. The van der Waals surface area contributed by atoms with Crippen molar-refractivity contribution in [2.75, 3.05) is 589 Å². The Morgan fingerprint density at radius 1 is 0.0746 bits per heavy atom. The highest BCUT2D eigenvalue weighted by atomic mass is 16.7. The highest BCUT2D eigenvalue weighted by molar-refractivity contribution is 4.48. The summed E-state index contributed by atoms with van der Waals surface area (Å²) < 4.78 is 242. The fourth-order valence-corrected chi connectivity index (χ4v) is 9.55. The maximum absolute atomic E-state index is 8.63. The highest BCUT2D eigenvalue weighted by Crippen LogP contribution is 1.97. The van der Waals surface area contributed by atoms with Crippen LogP contribution in [0.15, 0.2) is 0 Å². The van der Waals surface area contributed by atoms with E-state index < -0.39 is 0 Å². The summed E-state index contributed by atoms with van der Waals surface area (Å²) >= 11 is 0. The third-order valence-corrected chi connectivity index (χ3v) is 16.3. The van der Waals surface area contributed by atoms with Crippen molar-refractivity contribution in [3.05, 3.63) is 0 Å². The first-order chi connectivity index (χ1) is 66.9. The first kappa shape index (κ1) is 132. The van der Waals surface area contributed by atoms with Crippen molar-refractivity contribution in [1.29, 1.82) is 0 Å². The zero-order chi connectivity index (χ0) is 95.3. The van der Waals surface area contributed by atoms with Crippen molar-refractivity contribution < 1.29 is 214 Å². The van der Waals surface area contributed by atoms with Gasteiger partial charge in [0.2, 0.25) is 0 Å². The van der Waals surface area contributed by atoms with Crippen molar-refractivity contribution in [2.24, 2.45) is 0 Å². The Balaban J connectivity index is 3.10. The number of aliphatic hydroxyl groups is 1. The molecule has 134 heavy (non-hydrogen) atoms. The Labute approximate surface area is 799 Å². The monoisotopic (exact) mass is 1970 g/mol. The third-order valence-electron chi connectivity index (χ3n) is 16.3. The van der Waals surface area contributed by atoms with E-state index >= 15 is 0 Å². The molecule has 45 nitrogen and oxygen atoms in total. The molecular formula is C89H180O45. The van der Waals surface area contributed by atoms with E-state index in [1.165, 1.54) is 0 Å². The summed E-state index contributed by atoms with van der Waals surface area (Å²) in [4.78, 5) is 0. The Morgan fingerprint density at radius 2 is 0.119 bits per heavy atom. The molecule has 0 rings (SSSR count). The summed E-state index contributed by atoms with van der Waals surface area (Å²) in [5, 5.41) is 8.63.